The average molecular weight is 533 g/mol. The molecule has 6 nitrogen and oxygen atoms in total. The van der Waals surface area contributed by atoms with E-state index in [1.54, 1.807) is 7.11 Å². The molecule has 40 heavy (non-hydrogen) atoms. The number of methoxy groups -OCH3 is 1. The second-order valence-electron chi connectivity index (χ2n) is 9.87. The molecule has 4 aromatic carbocycles. The van der Waals surface area contributed by atoms with E-state index in [0.29, 0.717) is 28.9 Å². The van der Waals surface area contributed by atoms with Crippen LogP contribution in [0.15, 0.2) is 100 Å². The fraction of sp³-hybridized carbons (Fsp3) is 0.176. The van der Waals surface area contributed by atoms with E-state index in [0.717, 1.165) is 45.7 Å². The van der Waals surface area contributed by atoms with Gasteiger partial charge in [0.05, 0.1) is 25.5 Å². The Morgan fingerprint density at radius 1 is 0.900 bits per heavy atom. The van der Waals surface area contributed by atoms with Gasteiger partial charge in [0.1, 0.15) is 22.8 Å². The molecule has 0 radical (unpaired) electrons. The summed E-state index contributed by atoms with van der Waals surface area (Å²) in [4.78, 5) is 25.6. The monoisotopic (exact) mass is 532 g/mol. The summed E-state index contributed by atoms with van der Waals surface area (Å²) in [5.74, 6) is 1.35. The normalized spacial score (nSPS) is 14.4. The van der Waals surface area contributed by atoms with E-state index in [1.807, 2.05) is 91.9 Å². The van der Waals surface area contributed by atoms with E-state index in [2.05, 4.69) is 0 Å². The van der Waals surface area contributed by atoms with Crippen molar-refractivity contribution in [3.05, 3.63) is 124 Å². The van der Waals surface area contributed by atoms with Gasteiger partial charge in [-0.3, -0.25) is 4.79 Å². The van der Waals surface area contributed by atoms with Crippen LogP contribution in [0, 0.1) is 6.92 Å². The van der Waals surface area contributed by atoms with Gasteiger partial charge in [0.25, 0.3) is 0 Å². The molecule has 2 heterocycles. The van der Waals surface area contributed by atoms with Gasteiger partial charge in [0, 0.05) is 35.1 Å². The molecule has 0 aliphatic carbocycles. The first kappa shape index (κ1) is 25.4. The van der Waals surface area contributed by atoms with Crippen LogP contribution in [0.1, 0.15) is 34.6 Å². The van der Waals surface area contributed by atoms with Gasteiger partial charge in [-0.25, -0.2) is 4.79 Å². The third-order valence-electron chi connectivity index (χ3n) is 7.35. The number of carbonyl (C=O) groups is 1. The average Bonchev–Trinajstić information content (AvgIpc) is 2.97. The van der Waals surface area contributed by atoms with Gasteiger partial charge in [0.2, 0.25) is 0 Å². The second kappa shape index (κ2) is 10.7. The first-order valence-electron chi connectivity index (χ1n) is 13.2. The lowest BCUT2D eigenvalue weighted by Gasteiger charge is -2.29. The fourth-order valence-corrected chi connectivity index (χ4v) is 5.48. The lowest BCUT2D eigenvalue weighted by Crippen LogP contribution is -2.23. The highest BCUT2D eigenvalue weighted by Gasteiger charge is 2.34. The molecule has 0 amide bonds. The summed E-state index contributed by atoms with van der Waals surface area (Å²) in [5, 5.41) is 0.613. The van der Waals surface area contributed by atoms with Crippen molar-refractivity contribution in [2.45, 2.75) is 25.7 Å². The molecule has 5 aromatic rings. The highest BCUT2D eigenvalue weighted by molar-refractivity contribution is 6.01. The number of para-hydroxylation sites is 1. The van der Waals surface area contributed by atoms with Crippen molar-refractivity contribution in [3.8, 4) is 28.4 Å². The summed E-state index contributed by atoms with van der Waals surface area (Å²) < 4.78 is 23.1. The van der Waals surface area contributed by atoms with Gasteiger partial charge < -0.3 is 18.6 Å². The van der Waals surface area contributed by atoms with Crippen LogP contribution in [0.25, 0.3) is 22.1 Å². The highest BCUT2D eigenvalue weighted by Crippen LogP contribution is 2.48. The van der Waals surface area contributed by atoms with Crippen LogP contribution < -0.4 is 19.8 Å². The molecule has 0 bridgehead atoms. The Kier molecular flexibility index (Phi) is 6.83. The fourth-order valence-electron chi connectivity index (χ4n) is 5.48. The van der Waals surface area contributed by atoms with Gasteiger partial charge in [-0.2, -0.15) is 0 Å². The van der Waals surface area contributed by atoms with Crippen molar-refractivity contribution in [2.75, 3.05) is 13.7 Å². The maximum Gasteiger partial charge on any atom is 0.336 e. The lowest BCUT2D eigenvalue weighted by molar-refractivity contribution is -0.135. The predicted octanol–water partition coefficient (Wildman–Crippen LogP) is 6.84. The second-order valence-corrected chi connectivity index (χ2v) is 9.87. The van der Waals surface area contributed by atoms with Gasteiger partial charge in [-0.15, -0.1) is 0 Å². The zero-order chi connectivity index (χ0) is 27.6. The van der Waals surface area contributed by atoms with Gasteiger partial charge in [-0.05, 0) is 47.9 Å². The lowest BCUT2D eigenvalue weighted by atomic mass is 9.82. The number of rotatable bonds is 7. The summed E-state index contributed by atoms with van der Waals surface area (Å²) in [7, 11) is 1.65. The maximum absolute atomic E-state index is 13.1. The van der Waals surface area contributed by atoms with Crippen molar-refractivity contribution in [3.63, 3.8) is 0 Å². The number of aryl methyl sites for hydroxylation is 1. The Balaban J connectivity index is 1.41. The molecule has 0 saturated heterocycles. The van der Waals surface area contributed by atoms with Gasteiger partial charge >= 0.3 is 11.6 Å². The van der Waals surface area contributed by atoms with Crippen molar-refractivity contribution < 1.29 is 23.4 Å². The largest absolute Gasteiger partial charge is 0.497 e. The minimum absolute atomic E-state index is 0.176. The van der Waals surface area contributed by atoms with Crippen LogP contribution in [0.4, 0.5) is 0 Å². The molecule has 0 N–H and O–H groups in total. The smallest absolute Gasteiger partial charge is 0.336 e. The van der Waals surface area contributed by atoms with Crippen LogP contribution >= 0.6 is 0 Å². The van der Waals surface area contributed by atoms with Crippen LogP contribution in [0.3, 0.4) is 0 Å². The molecular formula is C34H28O6. The zero-order valence-corrected chi connectivity index (χ0v) is 22.3. The topological polar surface area (TPSA) is 75.0 Å². The Morgan fingerprint density at radius 2 is 1.65 bits per heavy atom. The van der Waals surface area contributed by atoms with Gasteiger partial charge in [0.15, 0.2) is 0 Å². The Morgan fingerprint density at radius 3 is 2.42 bits per heavy atom. The molecule has 0 unspecified atom stereocenters. The van der Waals surface area contributed by atoms with Crippen molar-refractivity contribution >= 4 is 16.9 Å². The minimum atomic E-state index is -0.458. The Hall–Kier alpha value is -4.84. The summed E-state index contributed by atoms with van der Waals surface area (Å²) >= 11 is 0. The quantitative estimate of drug-likeness (QED) is 0.130. The molecular weight excluding hydrogens is 504 g/mol. The molecule has 0 spiro atoms. The predicted molar refractivity (Wildman–Crippen MR) is 153 cm³/mol. The third kappa shape index (κ3) is 4.84. The third-order valence-corrected chi connectivity index (χ3v) is 7.35. The molecule has 6 rings (SSSR count). The van der Waals surface area contributed by atoms with Crippen molar-refractivity contribution in [2.24, 2.45) is 0 Å². The van der Waals surface area contributed by atoms with Crippen LogP contribution in [-0.2, 0) is 11.2 Å². The summed E-state index contributed by atoms with van der Waals surface area (Å²) in [6.45, 7) is 2.43. The van der Waals surface area contributed by atoms with E-state index in [4.69, 9.17) is 18.6 Å². The molecule has 1 aromatic heterocycles. The maximum atomic E-state index is 13.1. The number of hydrogen-bond donors (Lipinski definition) is 0. The first-order valence-corrected chi connectivity index (χ1v) is 13.2. The standard InChI is InChI=1S/C34H28O6/c1-21-18-29-33(26(19-30(35)39-29)23-8-4-3-5-9-23)34-32(21)27(20-31(36)40-34)25-10-6-7-11-28(25)38-17-16-22-12-14-24(37-2)15-13-22/h3-15,18-19,27H,16-17,20H2,1-2H3/t27-/m1/s1. The molecule has 6 heteroatoms. The highest BCUT2D eigenvalue weighted by atomic mass is 16.5. The number of fused-ring (bicyclic) bond motifs is 3. The number of benzene rings is 4. The van der Waals surface area contributed by atoms with E-state index in [1.165, 1.54) is 6.07 Å². The van der Waals surface area contributed by atoms with E-state index >= 15 is 0 Å². The van der Waals surface area contributed by atoms with Gasteiger partial charge in [-0.1, -0.05) is 60.7 Å². The number of ether oxygens (including phenoxy) is 3. The van der Waals surface area contributed by atoms with E-state index < -0.39 is 5.63 Å². The molecule has 0 saturated carbocycles. The summed E-state index contributed by atoms with van der Waals surface area (Å²) in [5.41, 5.74) is 5.26. The number of hydrogen-bond acceptors (Lipinski definition) is 6. The summed E-state index contributed by atoms with van der Waals surface area (Å²) in [6.07, 6.45) is 0.903. The number of esters is 1. The molecule has 1 atom stereocenters. The summed E-state index contributed by atoms with van der Waals surface area (Å²) in [6, 6.07) is 28.7. The molecule has 0 fully saturated rings. The Bertz CT molecular complexity index is 1750. The Labute approximate surface area is 231 Å². The van der Waals surface area contributed by atoms with E-state index in [-0.39, 0.29) is 18.3 Å². The number of carbonyl (C=O) groups excluding carboxylic acids is 1. The van der Waals surface area contributed by atoms with E-state index in [9.17, 15) is 9.59 Å². The zero-order valence-electron chi connectivity index (χ0n) is 22.3. The van der Waals surface area contributed by atoms with Crippen LogP contribution in [0.2, 0.25) is 0 Å². The van der Waals surface area contributed by atoms with Crippen molar-refractivity contribution in [1.82, 2.24) is 0 Å². The minimum Gasteiger partial charge on any atom is -0.497 e. The van der Waals surface area contributed by atoms with Crippen LogP contribution in [0.5, 0.6) is 17.2 Å². The molecule has 200 valence electrons. The van der Waals surface area contributed by atoms with Crippen molar-refractivity contribution in [1.29, 1.82) is 0 Å². The SMILES string of the molecule is COc1ccc(CCOc2ccccc2[C@H]2CC(=O)Oc3c2c(C)cc2oc(=O)cc(-c4ccccc4)c32)cc1. The first-order chi connectivity index (χ1) is 19.5. The molecule has 1 aliphatic rings. The van der Waals surface area contributed by atoms with Crippen LogP contribution in [-0.4, -0.2) is 19.7 Å². The molecule has 1 aliphatic heterocycles.